The molecule has 3 aromatic rings. The molecule has 11 heteroatoms. The number of carboxylic acids is 1. The Morgan fingerprint density at radius 2 is 1.96 bits per heavy atom. The Hall–Kier alpha value is -3.63. The van der Waals surface area contributed by atoms with Crippen molar-refractivity contribution in [1.29, 1.82) is 0 Å². The molecule has 0 saturated carbocycles. The molecule has 0 unspecified atom stereocenters. The summed E-state index contributed by atoms with van der Waals surface area (Å²) >= 11 is 0. The van der Waals surface area contributed by atoms with Crippen LogP contribution in [-0.2, 0) is 6.18 Å². The van der Waals surface area contributed by atoms with Gasteiger partial charge in [0, 0.05) is 11.4 Å². The summed E-state index contributed by atoms with van der Waals surface area (Å²) in [4.78, 5) is 35.2. The Morgan fingerprint density at radius 3 is 2.52 bits per heavy atom. The fourth-order valence-corrected chi connectivity index (χ4v) is 2.55. The second kappa shape index (κ2) is 6.27. The molecule has 27 heavy (non-hydrogen) atoms. The zero-order valence-electron chi connectivity index (χ0n) is 13.5. The van der Waals surface area contributed by atoms with Gasteiger partial charge >= 0.3 is 17.9 Å². The highest BCUT2D eigenvalue weighted by Crippen LogP contribution is 2.31. The predicted octanol–water partition coefficient (Wildman–Crippen LogP) is 2.21. The van der Waals surface area contributed by atoms with Gasteiger partial charge in [-0.3, -0.25) is 9.36 Å². The molecule has 0 amide bonds. The van der Waals surface area contributed by atoms with Crippen LogP contribution in [0.4, 0.5) is 13.2 Å². The van der Waals surface area contributed by atoms with Crippen LogP contribution >= 0.6 is 0 Å². The third-order valence-corrected chi connectivity index (χ3v) is 3.78. The topological polar surface area (TPSA) is 118 Å². The van der Waals surface area contributed by atoms with Crippen molar-refractivity contribution in [3.05, 3.63) is 68.1 Å². The summed E-state index contributed by atoms with van der Waals surface area (Å²) in [6.07, 6.45) is -4.66. The minimum atomic E-state index is -4.66. The van der Waals surface area contributed by atoms with E-state index in [2.05, 4.69) is 5.10 Å². The van der Waals surface area contributed by atoms with Crippen molar-refractivity contribution in [2.45, 2.75) is 13.1 Å². The van der Waals surface area contributed by atoms with Crippen LogP contribution in [0.3, 0.4) is 0 Å². The van der Waals surface area contributed by atoms with Gasteiger partial charge in [-0.1, -0.05) is 6.07 Å². The van der Waals surface area contributed by atoms with Gasteiger partial charge in [-0.05, 0) is 31.2 Å². The van der Waals surface area contributed by atoms with Gasteiger partial charge in [0.2, 0.25) is 0 Å². The minimum Gasteiger partial charge on any atom is -0.477 e. The Balaban J connectivity index is 2.36. The lowest BCUT2D eigenvalue weighted by atomic mass is 10.1. The van der Waals surface area contributed by atoms with Crippen LogP contribution < -0.4 is 11.3 Å². The number of aromatic carboxylic acids is 1. The molecular formula is C16H10F3N3O5. The molecule has 8 nitrogen and oxygen atoms in total. The molecule has 140 valence electrons. The third-order valence-electron chi connectivity index (χ3n) is 3.78. The average Bonchev–Trinajstić information content (AvgIpc) is 3.00. The SMILES string of the molecule is Cc1c(-c2n[nH]c(=O)o2)cc(C(=O)O)c(=O)n1-c1cccc(C(F)(F)F)c1. The molecule has 2 N–H and O–H groups in total. The largest absolute Gasteiger partial charge is 0.477 e. The van der Waals surface area contributed by atoms with Crippen LogP contribution in [0.15, 0.2) is 44.3 Å². The molecule has 0 atom stereocenters. The second-order valence-electron chi connectivity index (χ2n) is 5.47. The van der Waals surface area contributed by atoms with E-state index in [4.69, 9.17) is 4.42 Å². The number of rotatable bonds is 3. The number of carboxylic acid groups (broad SMARTS) is 1. The van der Waals surface area contributed by atoms with Crippen molar-refractivity contribution >= 4 is 5.97 Å². The van der Waals surface area contributed by atoms with Crippen molar-refractivity contribution < 1.29 is 27.5 Å². The van der Waals surface area contributed by atoms with E-state index in [-0.39, 0.29) is 22.8 Å². The van der Waals surface area contributed by atoms with Gasteiger partial charge in [-0.2, -0.15) is 13.2 Å². The number of benzene rings is 1. The summed E-state index contributed by atoms with van der Waals surface area (Å²) in [5.74, 6) is -2.82. The molecule has 0 radical (unpaired) electrons. The number of hydrogen-bond donors (Lipinski definition) is 2. The molecule has 0 spiro atoms. The minimum absolute atomic E-state index is 0.0391. The number of H-pyrrole nitrogens is 1. The summed E-state index contributed by atoms with van der Waals surface area (Å²) in [6, 6.07) is 4.79. The maximum absolute atomic E-state index is 13.0. The summed E-state index contributed by atoms with van der Waals surface area (Å²) in [7, 11) is 0. The van der Waals surface area contributed by atoms with Crippen molar-refractivity contribution in [2.24, 2.45) is 0 Å². The van der Waals surface area contributed by atoms with E-state index in [9.17, 15) is 32.7 Å². The van der Waals surface area contributed by atoms with Crippen LogP contribution in [0.25, 0.3) is 17.1 Å². The van der Waals surface area contributed by atoms with Crippen molar-refractivity contribution in [3.63, 3.8) is 0 Å². The quantitative estimate of drug-likeness (QED) is 0.718. The molecular weight excluding hydrogens is 371 g/mol. The number of aromatic nitrogens is 3. The lowest BCUT2D eigenvalue weighted by Gasteiger charge is -2.15. The number of nitrogens with one attached hydrogen (secondary N) is 1. The normalized spacial score (nSPS) is 11.6. The van der Waals surface area contributed by atoms with Gasteiger partial charge in [0.15, 0.2) is 0 Å². The molecule has 0 aliphatic heterocycles. The standard InChI is InChI=1S/C16H10F3N3O5/c1-7-10(12-20-21-15(26)27-12)6-11(14(24)25)13(23)22(7)9-4-2-3-8(5-9)16(17,18)19/h2-6H,1H3,(H,21,26)(H,24,25). The van der Waals surface area contributed by atoms with Gasteiger partial charge in [0.1, 0.15) is 5.56 Å². The van der Waals surface area contributed by atoms with Crippen LogP contribution in [0, 0.1) is 6.92 Å². The van der Waals surface area contributed by atoms with Crippen LogP contribution in [0.1, 0.15) is 21.6 Å². The molecule has 1 aromatic carbocycles. The van der Waals surface area contributed by atoms with Crippen LogP contribution in [0.5, 0.6) is 0 Å². The van der Waals surface area contributed by atoms with E-state index in [1.165, 1.54) is 13.0 Å². The number of pyridine rings is 1. The maximum atomic E-state index is 13.0. The smallest absolute Gasteiger partial charge is 0.434 e. The van der Waals surface area contributed by atoms with E-state index in [0.717, 1.165) is 22.8 Å². The highest BCUT2D eigenvalue weighted by molar-refractivity contribution is 5.89. The average molecular weight is 381 g/mol. The number of nitrogens with zero attached hydrogens (tertiary/aromatic N) is 2. The predicted molar refractivity (Wildman–Crippen MR) is 84.9 cm³/mol. The van der Waals surface area contributed by atoms with E-state index in [1.807, 2.05) is 5.10 Å². The zero-order chi connectivity index (χ0) is 19.9. The van der Waals surface area contributed by atoms with E-state index in [0.29, 0.717) is 6.07 Å². The number of hydrogen-bond acceptors (Lipinski definition) is 5. The molecule has 0 fully saturated rings. The number of halogens is 3. The first-order chi connectivity index (χ1) is 12.6. The monoisotopic (exact) mass is 381 g/mol. The van der Waals surface area contributed by atoms with E-state index < -0.39 is 34.6 Å². The number of alkyl halides is 3. The number of carbonyl (C=O) groups is 1. The van der Waals surface area contributed by atoms with E-state index >= 15 is 0 Å². The Morgan fingerprint density at radius 1 is 1.26 bits per heavy atom. The van der Waals surface area contributed by atoms with Crippen molar-refractivity contribution in [1.82, 2.24) is 14.8 Å². The summed E-state index contributed by atoms with van der Waals surface area (Å²) in [5, 5.41) is 14.8. The van der Waals surface area contributed by atoms with Crippen LogP contribution in [0.2, 0.25) is 0 Å². The summed E-state index contributed by atoms with van der Waals surface area (Å²) in [5.41, 5.74) is -2.98. The first-order valence-corrected chi connectivity index (χ1v) is 7.33. The molecule has 0 aliphatic rings. The molecule has 3 rings (SSSR count). The molecule has 0 bridgehead atoms. The fraction of sp³-hybridized carbons (Fsp3) is 0.125. The summed E-state index contributed by atoms with van der Waals surface area (Å²) < 4.78 is 44.6. The van der Waals surface area contributed by atoms with Crippen molar-refractivity contribution in [2.75, 3.05) is 0 Å². The first kappa shape index (κ1) is 18.2. The molecule has 2 heterocycles. The maximum Gasteiger partial charge on any atom is 0.434 e. The lowest BCUT2D eigenvalue weighted by molar-refractivity contribution is -0.137. The van der Waals surface area contributed by atoms with Crippen LogP contribution in [-0.4, -0.2) is 25.8 Å². The van der Waals surface area contributed by atoms with Crippen molar-refractivity contribution in [3.8, 4) is 17.1 Å². The van der Waals surface area contributed by atoms with E-state index in [1.54, 1.807) is 0 Å². The molecule has 0 aliphatic carbocycles. The Kier molecular flexibility index (Phi) is 4.22. The fourth-order valence-electron chi connectivity index (χ4n) is 2.55. The number of aromatic amines is 1. The third kappa shape index (κ3) is 3.26. The van der Waals surface area contributed by atoms with Gasteiger partial charge in [0.25, 0.3) is 11.4 Å². The van der Waals surface area contributed by atoms with Gasteiger partial charge in [0.05, 0.1) is 11.1 Å². The molecule has 0 saturated heterocycles. The van der Waals surface area contributed by atoms with Gasteiger partial charge in [-0.15, -0.1) is 5.10 Å². The Labute approximate surface area is 147 Å². The lowest BCUT2D eigenvalue weighted by Crippen LogP contribution is -2.27. The summed E-state index contributed by atoms with van der Waals surface area (Å²) in [6.45, 7) is 1.36. The zero-order valence-corrected chi connectivity index (χ0v) is 13.5. The van der Waals surface area contributed by atoms with Gasteiger partial charge in [-0.25, -0.2) is 14.7 Å². The first-order valence-electron chi connectivity index (χ1n) is 7.33. The Bertz CT molecular complexity index is 1160. The highest BCUT2D eigenvalue weighted by Gasteiger charge is 2.31. The van der Waals surface area contributed by atoms with Gasteiger partial charge < -0.3 is 9.52 Å². The highest BCUT2D eigenvalue weighted by atomic mass is 19.4. The second-order valence-corrected chi connectivity index (χ2v) is 5.47. The molecule has 2 aromatic heterocycles.